The van der Waals surface area contributed by atoms with E-state index in [4.69, 9.17) is 4.74 Å². The van der Waals surface area contributed by atoms with E-state index in [1.165, 1.54) is 54.9 Å². The van der Waals surface area contributed by atoms with Crippen molar-refractivity contribution in [1.82, 2.24) is 5.32 Å². The summed E-state index contributed by atoms with van der Waals surface area (Å²) in [6, 6.07) is 13.5. The highest BCUT2D eigenvalue weighted by Gasteiger charge is 2.52. The molecular formula is C24H31NO. The van der Waals surface area contributed by atoms with Crippen molar-refractivity contribution in [2.24, 2.45) is 23.2 Å². The molecule has 0 aromatic heterocycles. The summed E-state index contributed by atoms with van der Waals surface area (Å²) in [6.45, 7) is 3.35. The Morgan fingerprint density at radius 2 is 1.65 bits per heavy atom. The molecule has 4 bridgehead atoms. The third kappa shape index (κ3) is 2.65. The molecule has 6 rings (SSSR count). The van der Waals surface area contributed by atoms with Gasteiger partial charge in [-0.25, -0.2) is 0 Å². The number of hydrogen-bond acceptors (Lipinski definition) is 2. The number of rotatable bonds is 5. The molecule has 26 heavy (non-hydrogen) atoms. The third-order valence-electron chi connectivity index (χ3n) is 7.81. The lowest BCUT2D eigenvalue weighted by molar-refractivity contribution is -0.0706. The lowest BCUT2D eigenvalue weighted by Gasteiger charge is -2.59. The summed E-state index contributed by atoms with van der Waals surface area (Å²) in [7, 11) is 1.79. The molecule has 2 heteroatoms. The summed E-state index contributed by atoms with van der Waals surface area (Å²) in [5.41, 5.74) is 1.86. The van der Waals surface area contributed by atoms with E-state index in [2.05, 4.69) is 48.6 Å². The van der Waals surface area contributed by atoms with Gasteiger partial charge in [-0.1, -0.05) is 30.3 Å². The van der Waals surface area contributed by atoms with Crippen LogP contribution in [0.1, 0.15) is 51.0 Å². The predicted molar refractivity (Wildman–Crippen MR) is 107 cm³/mol. The number of ether oxygens (including phenoxy) is 1. The van der Waals surface area contributed by atoms with Gasteiger partial charge in [-0.3, -0.25) is 0 Å². The van der Waals surface area contributed by atoms with Crippen LogP contribution in [-0.2, 0) is 6.54 Å². The molecule has 0 aliphatic heterocycles. The Hall–Kier alpha value is -1.54. The monoisotopic (exact) mass is 349 g/mol. The smallest absolute Gasteiger partial charge is 0.123 e. The molecule has 4 fully saturated rings. The van der Waals surface area contributed by atoms with Gasteiger partial charge in [0.2, 0.25) is 0 Å². The Labute approximate surface area is 157 Å². The van der Waals surface area contributed by atoms with Gasteiger partial charge in [0, 0.05) is 18.2 Å². The molecule has 0 amide bonds. The summed E-state index contributed by atoms with van der Waals surface area (Å²) in [5, 5.41) is 6.56. The lowest BCUT2D eigenvalue weighted by atomic mass is 9.48. The van der Waals surface area contributed by atoms with Gasteiger partial charge in [0.1, 0.15) is 5.75 Å². The summed E-state index contributed by atoms with van der Waals surface area (Å²) in [6.07, 6.45) is 8.93. The quantitative estimate of drug-likeness (QED) is 0.765. The van der Waals surface area contributed by atoms with Gasteiger partial charge in [0.15, 0.2) is 0 Å². The van der Waals surface area contributed by atoms with E-state index >= 15 is 0 Å². The van der Waals surface area contributed by atoms with Crippen molar-refractivity contribution >= 4 is 10.8 Å². The fourth-order valence-electron chi connectivity index (χ4n) is 6.87. The summed E-state index contributed by atoms with van der Waals surface area (Å²) in [4.78, 5) is 0. The van der Waals surface area contributed by atoms with Crippen LogP contribution in [0.4, 0.5) is 0 Å². The average Bonchev–Trinajstić information content (AvgIpc) is 2.64. The maximum atomic E-state index is 5.70. The van der Waals surface area contributed by atoms with Crippen LogP contribution >= 0.6 is 0 Å². The van der Waals surface area contributed by atoms with Crippen molar-refractivity contribution in [3.63, 3.8) is 0 Å². The molecule has 1 N–H and O–H groups in total. The van der Waals surface area contributed by atoms with E-state index in [-0.39, 0.29) is 0 Å². The van der Waals surface area contributed by atoms with Crippen molar-refractivity contribution in [3.05, 3.63) is 42.0 Å². The molecule has 2 nitrogen and oxygen atoms in total. The minimum absolute atomic E-state index is 0.548. The number of hydrogen-bond donors (Lipinski definition) is 1. The van der Waals surface area contributed by atoms with Crippen LogP contribution in [-0.4, -0.2) is 13.2 Å². The second kappa shape index (κ2) is 6.27. The Bertz CT molecular complexity index is 776. The predicted octanol–water partition coefficient (Wildman–Crippen LogP) is 5.54. The van der Waals surface area contributed by atoms with E-state index in [0.29, 0.717) is 11.5 Å². The van der Waals surface area contributed by atoms with Crippen LogP contribution in [0, 0.1) is 23.2 Å². The normalized spacial score (nSPS) is 33.5. The number of benzene rings is 2. The summed E-state index contributed by atoms with van der Waals surface area (Å²) >= 11 is 0. The first-order valence-electron chi connectivity index (χ1n) is 10.4. The van der Waals surface area contributed by atoms with Crippen LogP contribution in [0.25, 0.3) is 10.8 Å². The van der Waals surface area contributed by atoms with E-state index in [1.54, 1.807) is 7.11 Å². The van der Waals surface area contributed by atoms with Crippen LogP contribution in [0.3, 0.4) is 0 Å². The lowest BCUT2D eigenvalue weighted by Crippen LogP contribution is -2.54. The van der Waals surface area contributed by atoms with Crippen molar-refractivity contribution in [2.45, 2.75) is 58.0 Å². The van der Waals surface area contributed by atoms with E-state index in [9.17, 15) is 0 Å². The first kappa shape index (κ1) is 16.6. The topological polar surface area (TPSA) is 21.3 Å². The highest BCUT2D eigenvalue weighted by Crippen LogP contribution is 2.61. The third-order valence-corrected chi connectivity index (χ3v) is 7.81. The molecule has 0 heterocycles. The molecular weight excluding hydrogens is 318 g/mol. The maximum absolute atomic E-state index is 5.70. The molecule has 0 unspecified atom stereocenters. The largest absolute Gasteiger partial charge is 0.496 e. The molecule has 0 spiro atoms. The zero-order chi connectivity index (χ0) is 17.7. The Kier molecular flexibility index (Phi) is 4.01. The first-order chi connectivity index (χ1) is 12.7. The van der Waals surface area contributed by atoms with E-state index in [1.807, 2.05) is 0 Å². The average molecular weight is 350 g/mol. The van der Waals surface area contributed by atoms with Crippen molar-refractivity contribution in [2.75, 3.05) is 7.11 Å². The van der Waals surface area contributed by atoms with Crippen LogP contribution in [0.5, 0.6) is 5.75 Å². The SMILES string of the molecule is COc1ccc2ccccc2c1CN[C@H](C)C12CC3CC(CC(C3)C1)C2. The molecule has 4 aliphatic carbocycles. The minimum atomic E-state index is 0.548. The van der Waals surface area contributed by atoms with E-state index < -0.39 is 0 Å². The van der Waals surface area contributed by atoms with Crippen molar-refractivity contribution < 1.29 is 4.74 Å². The van der Waals surface area contributed by atoms with Gasteiger partial charge in [0.05, 0.1) is 7.11 Å². The van der Waals surface area contributed by atoms with Crippen LogP contribution in [0.15, 0.2) is 36.4 Å². The first-order valence-corrected chi connectivity index (χ1v) is 10.4. The molecule has 4 saturated carbocycles. The van der Waals surface area contributed by atoms with Crippen molar-refractivity contribution in [3.8, 4) is 5.75 Å². The number of methoxy groups -OCH3 is 1. The second-order valence-electron chi connectivity index (χ2n) is 9.35. The number of fused-ring (bicyclic) bond motifs is 1. The minimum Gasteiger partial charge on any atom is -0.496 e. The molecule has 0 radical (unpaired) electrons. The summed E-state index contributed by atoms with van der Waals surface area (Å²) < 4.78 is 5.70. The van der Waals surface area contributed by atoms with Gasteiger partial charge < -0.3 is 10.1 Å². The Balaban J connectivity index is 1.39. The summed E-state index contributed by atoms with van der Waals surface area (Å²) in [5.74, 6) is 4.04. The van der Waals surface area contributed by atoms with Crippen molar-refractivity contribution in [1.29, 1.82) is 0 Å². The Morgan fingerprint density at radius 1 is 1.00 bits per heavy atom. The zero-order valence-electron chi connectivity index (χ0n) is 16.1. The van der Waals surface area contributed by atoms with Gasteiger partial charge in [0.25, 0.3) is 0 Å². The molecule has 1 atom stereocenters. The van der Waals surface area contributed by atoms with Gasteiger partial charge >= 0.3 is 0 Å². The maximum Gasteiger partial charge on any atom is 0.123 e. The molecule has 2 aromatic rings. The fraction of sp³-hybridized carbons (Fsp3) is 0.583. The Morgan fingerprint density at radius 3 is 2.31 bits per heavy atom. The highest BCUT2D eigenvalue weighted by atomic mass is 16.5. The van der Waals surface area contributed by atoms with Gasteiger partial charge in [-0.2, -0.15) is 0 Å². The van der Waals surface area contributed by atoms with Gasteiger partial charge in [-0.05, 0) is 85.5 Å². The highest BCUT2D eigenvalue weighted by molar-refractivity contribution is 5.87. The molecule has 2 aromatic carbocycles. The zero-order valence-corrected chi connectivity index (χ0v) is 16.1. The molecule has 4 aliphatic rings. The fourth-order valence-corrected chi connectivity index (χ4v) is 6.87. The van der Waals surface area contributed by atoms with Gasteiger partial charge in [-0.15, -0.1) is 0 Å². The molecule has 138 valence electrons. The second-order valence-corrected chi connectivity index (χ2v) is 9.35. The number of nitrogens with one attached hydrogen (secondary N) is 1. The molecule has 0 saturated heterocycles. The van der Waals surface area contributed by atoms with E-state index in [0.717, 1.165) is 30.0 Å². The van der Waals surface area contributed by atoms with Crippen LogP contribution in [0.2, 0.25) is 0 Å². The standard InChI is InChI=1S/C24H31NO/c1-16(24-12-17-9-18(13-24)11-19(10-17)14-24)25-15-22-21-6-4-3-5-20(21)7-8-23(22)26-2/h3-8,16-19,25H,9-15H2,1-2H3/t16-,17?,18?,19?,24?/m1/s1. The van der Waals surface area contributed by atoms with Crippen LogP contribution < -0.4 is 10.1 Å².